The smallest absolute Gasteiger partial charge is 0.243 e. The van der Waals surface area contributed by atoms with Gasteiger partial charge in [-0.25, -0.2) is 8.42 Å². The van der Waals surface area contributed by atoms with Gasteiger partial charge in [-0.2, -0.15) is 4.31 Å². The van der Waals surface area contributed by atoms with Crippen LogP contribution in [0.1, 0.15) is 5.56 Å². The summed E-state index contributed by atoms with van der Waals surface area (Å²) in [4.78, 5) is 14.7. The molecule has 0 saturated carbocycles. The van der Waals surface area contributed by atoms with Crippen LogP contribution in [0.2, 0.25) is 10.0 Å². The molecule has 2 heterocycles. The topological polar surface area (TPSA) is 66.9 Å². The highest BCUT2D eigenvalue weighted by molar-refractivity contribution is 7.89. The number of piperazine rings is 1. The van der Waals surface area contributed by atoms with Gasteiger partial charge >= 0.3 is 0 Å². The Morgan fingerprint density at radius 1 is 1.00 bits per heavy atom. The maximum atomic E-state index is 12.9. The molecule has 1 unspecified atom stereocenters. The maximum Gasteiger partial charge on any atom is 0.243 e. The summed E-state index contributed by atoms with van der Waals surface area (Å²) in [6.45, 7) is 1.50. The number of hydrogen-bond donors (Lipinski definition) is 0. The zero-order chi connectivity index (χ0) is 20.6. The molecule has 4 rings (SSSR count). The van der Waals surface area contributed by atoms with Gasteiger partial charge in [-0.05, 0) is 36.2 Å². The fraction of sp³-hybridized carbons (Fsp3) is 0.350. The van der Waals surface area contributed by atoms with Crippen molar-refractivity contribution in [3.8, 4) is 5.75 Å². The van der Waals surface area contributed by atoms with Crippen molar-refractivity contribution >= 4 is 39.1 Å². The first-order chi connectivity index (χ1) is 13.9. The molecule has 0 radical (unpaired) electrons. The number of benzene rings is 2. The first-order valence-electron chi connectivity index (χ1n) is 9.31. The molecule has 2 aromatic rings. The lowest BCUT2D eigenvalue weighted by Crippen LogP contribution is -2.52. The zero-order valence-electron chi connectivity index (χ0n) is 15.6. The minimum atomic E-state index is -3.69. The molecule has 154 valence electrons. The van der Waals surface area contributed by atoms with Crippen LogP contribution in [-0.4, -0.2) is 56.3 Å². The van der Waals surface area contributed by atoms with Gasteiger partial charge in [-0.3, -0.25) is 4.79 Å². The normalized spacial score (nSPS) is 20.1. The molecule has 0 N–H and O–H groups in total. The number of hydrogen-bond acceptors (Lipinski definition) is 4. The Hall–Kier alpha value is -1.80. The van der Waals surface area contributed by atoms with Crippen LogP contribution < -0.4 is 4.74 Å². The van der Waals surface area contributed by atoms with E-state index in [2.05, 4.69) is 0 Å². The minimum Gasteiger partial charge on any atom is -0.492 e. The molecule has 0 aromatic heterocycles. The molecule has 2 aliphatic rings. The quantitative estimate of drug-likeness (QED) is 0.714. The zero-order valence-corrected chi connectivity index (χ0v) is 17.9. The maximum absolute atomic E-state index is 12.9. The first kappa shape index (κ1) is 20.5. The van der Waals surface area contributed by atoms with Crippen molar-refractivity contribution in [2.24, 2.45) is 5.92 Å². The number of halogens is 2. The Morgan fingerprint density at radius 3 is 2.45 bits per heavy atom. The van der Waals surface area contributed by atoms with Crippen LogP contribution in [0.4, 0.5) is 0 Å². The largest absolute Gasteiger partial charge is 0.492 e. The summed E-state index contributed by atoms with van der Waals surface area (Å²) in [7, 11) is -3.69. The molecular formula is C20H20Cl2N2O4S. The Labute approximate surface area is 180 Å². The fourth-order valence-corrected chi connectivity index (χ4v) is 5.49. The molecule has 0 aliphatic carbocycles. The molecule has 2 aliphatic heterocycles. The van der Waals surface area contributed by atoms with Gasteiger partial charge in [-0.15, -0.1) is 0 Å². The van der Waals surface area contributed by atoms with Gasteiger partial charge in [0.15, 0.2) is 0 Å². The van der Waals surface area contributed by atoms with Crippen LogP contribution in [0.5, 0.6) is 5.75 Å². The summed E-state index contributed by atoms with van der Waals surface area (Å²) in [5, 5.41) is 0.497. The molecular weight excluding hydrogens is 435 g/mol. The Morgan fingerprint density at radius 2 is 1.72 bits per heavy atom. The third kappa shape index (κ3) is 4.10. The second-order valence-corrected chi connectivity index (χ2v) is 9.88. The first-order valence-corrected chi connectivity index (χ1v) is 11.5. The van der Waals surface area contributed by atoms with Crippen LogP contribution in [0.15, 0.2) is 47.4 Å². The van der Waals surface area contributed by atoms with Crippen LogP contribution in [0.25, 0.3) is 0 Å². The van der Waals surface area contributed by atoms with Crippen molar-refractivity contribution in [1.29, 1.82) is 0 Å². The van der Waals surface area contributed by atoms with Crippen molar-refractivity contribution in [2.75, 3.05) is 32.8 Å². The Balaban J connectivity index is 1.40. The van der Waals surface area contributed by atoms with E-state index in [1.165, 1.54) is 22.5 Å². The number of carbonyl (C=O) groups is 1. The molecule has 29 heavy (non-hydrogen) atoms. The lowest BCUT2D eigenvalue weighted by Gasteiger charge is -2.36. The van der Waals surface area contributed by atoms with Crippen LogP contribution in [0, 0.1) is 5.92 Å². The predicted octanol–water partition coefficient (Wildman–Crippen LogP) is 3.08. The van der Waals surface area contributed by atoms with E-state index in [4.69, 9.17) is 27.9 Å². The molecule has 0 spiro atoms. The van der Waals surface area contributed by atoms with Gasteiger partial charge in [0.1, 0.15) is 12.4 Å². The van der Waals surface area contributed by atoms with E-state index in [1.807, 2.05) is 24.3 Å². The summed E-state index contributed by atoms with van der Waals surface area (Å²) < 4.78 is 32.8. The van der Waals surface area contributed by atoms with Gasteiger partial charge < -0.3 is 9.64 Å². The number of carbonyl (C=O) groups excluding carboxylic acids is 1. The summed E-state index contributed by atoms with van der Waals surface area (Å²) in [6.07, 6.45) is 0.636. The monoisotopic (exact) mass is 454 g/mol. The van der Waals surface area contributed by atoms with Gasteiger partial charge in [0.25, 0.3) is 0 Å². The molecule has 0 bridgehead atoms. The lowest BCUT2D eigenvalue weighted by molar-refractivity contribution is -0.138. The molecule has 6 nitrogen and oxygen atoms in total. The van der Waals surface area contributed by atoms with Gasteiger partial charge in [0, 0.05) is 26.2 Å². The summed E-state index contributed by atoms with van der Waals surface area (Å²) in [6, 6.07) is 12.0. The van der Waals surface area contributed by atoms with E-state index in [0.29, 0.717) is 31.1 Å². The summed E-state index contributed by atoms with van der Waals surface area (Å²) >= 11 is 11.8. The minimum absolute atomic E-state index is 0.00564. The second kappa shape index (κ2) is 8.14. The highest BCUT2D eigenvalue weighted by atomic mass is 35.5. The predicted molar refractivity (Wildman–Crippen MR) is 111 cm³/mol. The summed E-state index contributed by atoms with van der Waals surface area (Å²) in [5.41, 5.74) is 1.03. The second-order valence-electron chi connectivity index (χ2n) is 7.13. The fourth-order valence-electron chi connectivity index (χ4n) is 3.68. The number of amides is 1. The number of sulfonamides is 1. The SMILES string of the molecule is O=C(C1COc2ccccc2C1)N1CCN(S(=O)(=O)c2ccc(Cl)c(Cl)c2)CC1. The van der Waals surface area contributed by atoms with E-state index in [9.17, 15) is 13.2 Å². The number of rotatable bonds is 3. The average Bonchev–Trinajstić information content (AvgIpc) is 2.74. The third-order valence-electron chi connectivity index (χ3n) is 5.31. The lowest BCUT2D eigenvalue weighted by atomic mass is 9.95. The van der Waals surface area contributed by atoms with Crippen molar-refractivity contribution in [2.45, 2.75) is 11.3 Å². The highest BCUT2D eigenvalue weighted by Crippen LogP contribution is 2.29. The standard InChI is InChI=1S/C20H20Cl2N2O4S/c21-17-6-5-16(12-18(17)22)29(26,27)24-9-7-23(8-10-24)20(25)15-11-14-3-1-2-4-19(14)28-13-15/h1-6,12,15H,7-11,13H2. The van der Waals surface area contributed by atoms with Crippen molar-refractivity contribution in [3.05, 3.63) is 58.1 Å². The van der Waals surface area contributed by atoms with Gasteiger partial charge in [-0.1, -0.05) is 41.4 Å². The highest BCUT2D eigenvalue weighted by Gasteiger charge is 2.34. The number of para-hydroxylation sites is 1. The molecule has 2 aromatic carbocycles. The van der Waals surface area contributed by atoms with E-state index in [0.717, 1.165) is 11.3 Å². The number of nitrogens with zero attached hydrogens (tertiary/aromatic N) is 2. The van der Waals surface area contributed by atoms with Crippen molar-refractivity contribution < 1.29 is 17.9 Å². The van der Waals surface area contributed by atoms with E-state index >= 15 is 0 Å². The van der Waals surface area contributed by atoms with Gasteiger partial charge in [0.2, 0.25) is 15.9 Å². The molecule has 1 saturated heterocycles. The number of fused-ring (bicyclic) bond motifs is 1. The van der Waals surface area contributed by atoms with Crippen molar-refractivity contribution in [3.63, 3.8) is 0 Å². The van der Waals surface area contributed by atoms with Crippen LogP contribution >= 0.6 is 23.2 Å². The third-order valence-corrected chi connectivity index (χ3v) is 7.94. The molecule has 1 atom stereocenters. The average molecular weight is 455 g/mol. The number of ether oxygens (including phenoxy) is 1. The summed E-state index contributed by atoms with van der Waals surface area (Å²) in [5.74, 6) is 0.586. The van der Waals surface area contributed by atoms with E-state index < -0.39 is 10.0 Å². The molecule has 1 amide bonds. The van der Waals surface area contributed by atoms with Crippen LogP contribution in [-0.2, 0) is 21.2 Å². The van der Waals surface area contributed by atoms with E-state index in [-0.39, 0.29) is 34.8 Å². The van der Waals surface area contributed by atoms with Gasteiger partial charge in [0.05, 0.1) is 20.9 Å². The van der Waals surface area contributed by atoms with Crippen molar-refractivity contribution in [1.82, 2.24) is 9.21 Å². The van der Waals surface area contributed by atoms with Crippen LogP contribution in [0.3, 0.4) is 0 Å². The van der Waals surface area contributed by atoms with E-state index in [1.54, 1.807) is 4.90 Å². The Kier molecular flexibility index (Phi) is 5.75. The molecule has 9 heteroatoms. The Bertz CT molecular complexity index is 1040. The molecule has 1 fully saturated rings.